The van der Waals surface area contributed by atoms with Crippen LogP contribution in [0.25, 0.3) is 0 Å². The summed E-state index contributed by atoms with van der Waals surface area (Å²) in [5.74, 6) is 2.83. The molecular formula is C22H23N3O4. The summed E-state index contributed by atoms with van der Waals surface area (Å²) < 4.78 is 16.2. The summed E-state index contributed by atoms with van der Waals surface area (Å²) in [7, 11) is 1.60. The average Bonchev–Trinajstić information content (AvgIpc) is 3.15. The average molecular weight is 393 g/mol. The van der Waals surface area contributed by atoms with Crippen LogP contribution in [-0.2, 0) is 6.42 Å². The summed E-state index contributed by atoms with van der Waals surface area (Å²) in [6.45, 7) is 3.66. The van der Waals surface area contributed by atoms with Gasteiger partial charge in [0.2, 0.25) is 5.89 Å². The normalized spacial score (nSPS) is 13.8. The fourth-order valence-electron chi connectivity index (χ4n) is 3.22. The van der Waals surface area contributed by atoms with Crippen molar-refractivity contribution >= 4 is 5.91 Å². The minimum atomic E-state index is -0.00445. The molecule has 7 heteroatoms. The molecule has 0 radical (unpaired) electrons. The Kier molecular flexibility index (Phi) is 5.46. The molecule has 1 fully saturated rings. The quantitative estimate of drug-likeness (QED) is 0.613. The molecule has 2 heterocycles. The van der Waals surface area contributed by atoms with E-state index in [2.05, 4.69) is 10.1 Å². The molecule has 1 amide bonds. The zero-order valence-electron chi connectivity index (χ0n) is 16.5. The number of carbonyl (C=O) groups is 1. The highest BCUT2D eigenvalue weighted by Crippen LogP contribution is 2.27. The smallest absolute Gasteiger partial charge is 0.253 e. The summed E-state index contributed by atoms with van der Waals surface area (Å²) >= 11 is 0. The first-order chi connectivity index (χ1) is 14.1. The van der Waals surface area contributed by atoms with Gasteiger partial charge in [-0.1, -0.05) is 17.3 Å². The van der Waals surface area contributed by atoms with Crippen molar-refractivity contribution in [3.63, 3.8) is 0 Å². The number of amides is 1. The van der Waals surface area contributed by atoms with E-state index in [0.29, 0.717) is 43.4 Å². The molecule has 29 heavy (non-hydrogen) atoms. The van der Waals surface area contributed by atoms with Crippen LogP contribution >= 0.6 is 0 Å². The molecule has 7 nitrogen and oxygen atoms in total. The molecule has 1 saturated heterocycles. The molecular weight excluding hydrogens is 370 g/mol. The van der Waals surface area contributed by atoms with E-state index >= 15 is 0 Å². The molecule has 0 saturated carbocycles. The maximum atomic E-state index is 12.5. The van der Waals surface area contributed by atoms with Gasteiger partial charge >= 0.3 is 0 Å². The van der Waals surface area contributed by atoms with Gasteiger partial charge in [0, 0.05) is 25.1 Å². The second-order valence-electron chi connectivity index (χ2n) is 7.10. The van der Waals surface area contributed by atoms with Crippen molar-refractivity contribution in [2.75, 3.05) is 26.8 Å². The third-order valence-electron chi connectivity index (χ3n) is 4.92. The number of ether oxygens (including phenoxy) is 2. The minimum Gasteiger partial charge on any atom is -0.497 e. The van der Waals surface area contributed by atoms with Crippen LogP contribution in [-0.4, -0.2) is 47.8 Å². The van der Waals surface area contributed by atoms with Crippen molar-refractivity contribution in [2.24, 2.45) is 0 Å². The third-order valence-corrected chi connectivity index (χ3v) is 4.92. The largest absolute Gasteiger partial charge is 0.497 e. The van der Waals surface area contributed by atoms with Crippen molar-refractivity contribution in [2.45, 2.75) is 19.3 Å². The van der Waals surface area contributed by atoms with E-state index in [1.54, 1.807) is 36.3 Å². The summed E-state index contributed by atoms with van der Waals surface area (Å²) in [6, 6.07) is 15.0. The number of aryl methyl sites for hydroxylation is 1. The van der Waals surface area contributed by atoms with Crippen molar-refractivity contribution in [3.05, 3.63) is 71.4 Å². The highest BCUT2D eigenvalue weighted by molar-refractivity contribution is 5.95. The Morgan fingerprint density at radius 3 is 2.69 bits per heavy atom. The van der Waals surface area contributed by atoms with Crippen LogP contribution in [0.3, 0.4) is 0 Å². The molecule has 4 rings (SSSR count). The van der Waals surface area contributed by atoms with Crippen LogP contribution in [0.4, 0.5) is 0 Å². The van der Waals surface area contributed by atoms with Gasteiger partial charge in [-0.15, -0.1) is 0 Å². The maximum absolute atomic E-state index is 12.5. The fourth-order valence-corrected chi connectivity index (χ4v) is 3.22. The predicted octanol–water partition coefficient (Wildman–Crippen LogP) is 3.25. The van der Waals surface area contributed by atoms with E-state index in [1.165, 1.54) is 0 Å². The van der Waals surface area contributed by atoms with Gasteiger partial charge in [-0.2, -0.15) is 4.98 Å². The van der Waals surface area contributed by atoms with E-state index in [9.17, 15) is 4.79 Å². The monoisotopic (exact) mass is 393 g/mol. The SMILES string of the molecule is COc1ccc(C(=O)N2CC(c3nc(CCOc4cccc(C)c4)no3)C2)cc1. The number of rotatable bonds is 7. The van der Waals surface area contributed by atoms with Crippen LogP contribution in [0.5, 0.6) is 11.5 Å². The van der Waals surface area contributed by atoms with Gasteiger partial charge in [-0.25, -0.2) is 0 Å². The third kappa shape index (κ3) is 4.39. The van der Waals surface area contributed by atoms with Crippen LogP contribution in [0.15, 0.2) is 53.1 Å². The molecule has 1 aliphatic rings. The lowest BCUT2D eigenvalue weighted by Crippen LogP contribution is -2.48. The topological polar surface area (TPSA) is 77.7 Å². The molecule has 0 spiro atoms. The number of methoxy groups -OCH3 is 1. The summed E-state index contributed by atoms with van der Waals surface area (Å²) in [6.07, 6.45) is 0.568. The van der Waals surface area contributed by atoms with E-state index in [-0.39, 0.29) is 11.8 Å². The molecule has 0 N–H and O–H groups in total. The van der Waals surface area contributed by atoms with Crippen LogP contribution in [0, 0.1) is 6.92 Å². The Morgan fingerprint density at radius 2 is 1.97 bits per heavy atom. The number of likely N-dealkylation sites (tertiary alicyclic amines) is 1. The van der Waals surface area contributed by atoms with Gasteiger partial charge in [0.15, 0.2) is 5.82 Å². The van der Waals surface area contributed by atoms with Crippen molar-refractivity contribution in [1.29, 1.82) is 0 Å². The number of hydrogen-bond acceptors (Lipinski definition) is 6. The van der Waals surface area contributed by atoms with E-state index in [4.69, 9.17) is 14.0 Å². The van der Waals surface area contributed by atoms with Crippen LogP contribution in [0.1, 0.15) is 33.6 Å². The van der Waals surface area contributed by atoms with Crippen molar-refractivity contribution in [3.8, 4) is 11.5 Å². The Morgan fingerprint density at radius 1 is 1.17 bits per heavy atom. The molecule has 1 aromatic heterocycles. The Bertz CT molecular complexity index is 978. The Balaban J connectivity index is 1.26. The summed E-state index contributed by atoms with van der Waals surface area (Å²) in [5.41, 5.74) is 1.80. The Hall–Kier alpha value is -3.35. The number of aromatic nitrogens is 2. The van der Waals surface area contributed by atoms with Gasteiger partial charge < -0.3 is 18.9 Å². The summed E-state index contributed by atoms with van der Waals surface area (Å²) in [4.78, 5) is 18.7. The van der Waals surface area contributed by atoms with Crippen LogP contribution < -0.4 is 9.47 Å². The molecule has 2 aromatic carbocycles. The van der Waals surface area contributed by atoms with Gasteiger partial charge in [0.05, 0.1) is 19.6 Å². The van der Waals surface area contributed by atoms with Crippen LogP contribution in [0.2, 0.25) is 0 Å². The number of carbonyl (C=O) groups excluding carboxylic acids is 1. The van der Waals surface area contributed by atoms with Crippen molar-refractivity contribution < 1.29 is 18.8 Å². The van der Waals surface area contributed by atoms with Crippen molar-refractivity contribution in [1.82, 2.24) is 15.0 Å². The number of nitrogens with zero attached hydrogens (tertiary/aromatic N) is 3. The minimum absolute atomic E-state index is 0.00445. The fraction of sp³-hybridized carbons (Fsp3) is 0.318. The molecule has 0 bridgehead atoms. The molecule has 0 aliphatic carbocycles. The molecule has 0 unspecified atom stereocenters. The molecule has 0 atom stereocenters. The number of benzene rings is 2. The molecule has 1 aliphatic heterocycles. The predicted molar refractivity (Wildman–Crippen MR) is 106 cm³/mol. The first kappa shape index (κ1) is 19.0. The van der Waals surface area contributed by atoms with Gasteiger partial charge in [0.1, 0.15) is 11.5 Å². The second-order valence-corrected chi connectivity index (χ2v) is 7.10. The van der Waals surface area contributed by atoms with E-state index < -0.39 is 0 Å². The lowest BCUT2D eigenvalue weighted by Gasteiger charge is -2.37. The molecule has 3 aromatic rings. The second kappa shape index (κ2) is 8.34. The summed E-state index contributed by atoms with van der Waals surface area (Å²) in [5, 5.41) is 4.03. The maximum Gasteiger partial charge on any atom is 0.253 e. The van der Waals surface area contributed by atoms with Gasteiger partial charge in [0.25, 0.3) is 5.91 Å². The lowest BCUT2D eigenvalue weighted by atomic mass is 9.98. The van der Waals surface area contributed by atoms with Gasteiger partial charge in [-0.05, 0) is 48.9 Å². The highest BCUT2D eigenvalue weighted by Gasteiger charge is 2.35. The standard InChI is InChI=1S/C22H23N3O4/c1-15-4-3-5-19(12-15)28-11-10-20-23-21(29-24-20)17-13-25(14-17)22(26)16-6-8-18(27-2)9-7-16/h3-9,12,17H,10-11,13-14H2,1-2H3. The number of hydrogen-bond donors (Lipinski definition) is 0. The lowest BCUT2D eigenvalue weighted by molar-refractivity contribution is 0.0569. The first-order valence-electron chi connectivity index (χ1n) is 9.57. The highest BCUT2D eigenvalue weighted by atomic mass is 16.5. The van der Waals surface area contributed by atoms with E-state index in [0.717, 1.165) is 17.1 Å². The Labute approximate surface area is 169 Å². The zero-order valence-corrected chi connectivity index (χ0v) is 16.5. The van der Waals surface area contributed by atoms with Gasteiger partial charge in [-0.3, -0.25) is 4.79 Å². The zero-order chi connectivity index (χ0) is 20.2. The first-order valence-corrected chi connectivity index (χ1v) is 9.57. The molecule has 150 valence electrons. The van der Waals surface area contributed by atoms with E-state index in [1.807, 2.05) is 31.2 Å².